The van der Waals surface area contributed by atoms with E-state index in [9.17, 15) is 37.2 Å². The van der Waals surface area contributed by atoms with Crippen molar-refractivity contribution in [1.82, 2.24) is 15.1 Å². The molecule has 11 nitrogen and oxygen atoms in total. The number of likely N-dealkylation sites (tertiary alicyclic amines) is 2. The molecule has 3 N–H and O–H groups in total. The first-order chi connectivity index (χ1) is 23.7. The van der Waals surface area contributed by atoms with Gasteiger partial charge in [0, 0.05) is 19.7 Å². The highest BCUT2D eigenvalue weighted by molar-refractivity contribution is 5.94. The number of carbonyl (C=O) groups excluding carboxylic acids is 3. The van der Waals surface area contributed by atoms with Crippen molar-refractivity contribution in [1.29, 1.82) is 5.26 Å². The lowest BCUT2D eigenvalue weighted by atomic mass is 9.91. The molecule has 2 aromatic carbocycles. The first-order valence-corrected chi connectivity index (χ1v) is 16.5. The van der Waals surface area contributed by atoms with Crippen molar-refractivity contribution < 1.29 is 46.2 Å². The minimum absolute atomic E-state index is 0.0841. The second kappa shape index (κ2) is 18.8. The number of nitrogens with zero attached hydrogens (tertiary/aromatic N) is 3. The number of Topliss-reactive ketones (excluding diaryl/α,β-unsaturated/α-hetero) is 1. The zero-order valence-electron chi connectivity index (χ0n) is 30.3. The lowest BCUT2D eigenvalue weighted by Crippen LogP contribution is -2.69. The van der Waals surface area contributed by atoms with Gasteiger partial charge in [-0.1, -0.05) is 12.1 Å². The highest BCUT2D eigenvalue weighted by Crippen LogP contribution is 2.24. The van der Waals surface area contributed by atoms with E-state index in [0.29, 0.717) is 17.2 Å². The maximum atomic E-state index is 13.2. The molecule has 3 aliphatic rings. The van der Waals surface area contributed by atoms with Gasteiger partial charge in [0.1, 0.15) is 16.7 Å². The van der Waals surface area contributed by atoms with Crippen LogP contribution < -0.4 is 11.1 Å². The fourth-order valence-electron chi connectivity index (χ4n) is 4.44. The van der Waals surface area contributed by atoms with E-state index in [0.717, 1.165) is 30.9 Å². The number of rotatable bonds is 4. The van der Waals surface area contributed by atoms with Crippen molar-refractivity contribution in [3.05, 3.63) is 70.8 Å². The van der Waals surface area contributed by atoms with Crippen LogP contribution in [0.25, 0.3) is 0 Å². The predicted molar refractivity (Wildman–Crippen MR) is 181 cm³/mol. The number of hydrogen-bond acceptors (Lipinski definition) is 9. The zero-order chi connectivity index (χ0) is 38.6. The summed E-state index contributed by atoms with van der Waals surface area (Å²) in [6, 6.07) is 9.31. The van der Waals surface area contributed by atoms with Gasteiger partial charge in [0.25, 0.3) is 0 Å². The Hall–Kier alpha value is -4.26. The molecular formula is C36H49F4N5O6. The number of halogens is 4. The van der Waals surface area contributed by atoms with Gasteiger partial charge < -0.3 is 24.8 Å². The molecule has 3 heterocycles. The number of carbonyl (C=O) groups is 3. The van der Waals surface area contributed by atoms with Crippen LogP contribution in [0, 0.1) is 34.6 Å². The van der Waals surface area contributed by atoms with Gasteiger partial charge in [-0.05, 0) is 96.7 Å². The number of ketones is 1. The van der Waals surface area contributed by atoms with Crippen LogP contribution in [-0.4, -0.2) is 83.4 Å². The number of nitriles is 1. The predicted octanol–water partition coefficient (Wildman–Crippen LogP) is 5.98. The summed E-state index contributed by atoms with van der Waals surface area (Å²) in [5.74, 6) is -3.44. The molecule has 0 saturated carbocycles. The summed E-state index contributed by atoms with van der Waals surface area (Å²) in [6.45, 7) is 15.0. The summed E-state index contributed by atoms with van der Waals surface area (Å²) in [6.07, 6.45) is 2.20. The largest absolute Gasteiger partial charge is 0.444 e. The molecule has 3 saturated heterocycles. The fourth-order valence-corrected chi connectivity index (χ4v) is 4.44. The smallest absolute Gasteiger partial charge is 0.411 e. The molecular weight excluding hydrogens is 674 g/mol. The maximum absolute atomic E-state index is 13.2. The van der Waals surface area contributed by atoms with Gasteiger partial charge in [-0.2, -0.15) is 5.26 Å². The molecule has 0 radical (unpaired) electrons. The molecule has 1 atom stereocenters. The van der Waals surface area contributed by atoms with E-state index in [2.05, 4.69) is 18.3 Å². The van der Waals surface area contributed by atoms with E-state index >= 15 is 0 Å². The van der Waals surface area contributed by atoms with Crippen molar-refractivity contribution in [2.24, 2.45) is 5.73 Å². The zero-order valence-corrected chi connectivity index (χ0v) is 30.3. The highest BCUT2D eigenvalue weighted by Gasteiger charge is 2.46. The summed E-state index contributed by atoms with van der Waals surface area (Å²) < 4.78 is 66.0. The molecule has 5 rings (SSSR count). The van der Waals surface area contributed by atoms with Crippen LogP contribution in [0.1, 0.15) is 72.4 Å². The summed E-state index contributed by atoms with van der Waals surface area (Å²) in [5, 5.41) is 12.3. The Morgan fingerprint density at radius 3 is 1.76 bits per heavy atom. The van der Waals surface area contributed by atoms with Crippen molar-refractivity contribution in [3.8, 4) is 6.07 Å². The van der Waals surface area contributed by atoms with Gasteiger partial charge in [0.05, 0.1) is 38.4 Å². The maximum Gasteiger partial charge on any atom is 0.411 e. The van der Waals surface area contributed by atoms with E-state index in [1.165, 1.54) is 34.8 Å². The second-order valence-electron chi connectivity index (χ2n) is 14.3. The van der Waals surface area contributed by atoms with Crippen molar-refractivity contribution in [2.45, 2.75) is 97.2 Å². The minimum atomic E-state index is -0.931. The van der Waals surface area contributed by atoms with Crippen LogP contribution in [0.5, 0.6) is 0 Å². The SMILES string of the molecule is CC(C)(C)OC(=O)N1CC(=O)C1.CC(C)(C)OC(=O)N1CC(C#N)(NCc2ccc(F)c(F)c2)C1.CC1CCCO1.NCc1ccc(F)c(F)c1. The summed E-state index contributed by atoms with van der Waals surface area (Å²) in [4.78, 5) is 36.4. The summed E-state index contributed by atoms with van der Waals surface area (Å²) in [7, 11) is 0. The van der Waals surface area contributed by atoms with Crippen molar-refractivity contribution >= 4 is 18.0 Å². The van der Waals surface area contributed by atoms with Crippen LogP contribution in [-0.2, 0) is 32.1 Å². The molecule has 0 bridgehead atoms. The van der Waals surface area contributed by atoms with Crippen LogP contribution in [0.3, 0.4) is 0 Å². The van der Waals surface area contributed by atoms with E-state index in [-0.39, 0.29) is 45.1 Å². The first-order valence-electron chi connectivity index (χ1n) is 16.5. The van der Waals surface area contributed by atoms with Crippen molar-refractivity contribution in [3.63, 3.8) is 0 Å². The number of nitrogens with one attached hydrogen (secondary N) is 1. The van der Waals surface area contributed by atoms with E-state index in [1.54, 1.807) is 41.5 Å². The van der Waals surface area contributed by atoms with Gasteiger partial charge in [-0.3, -0.25) is 15.0 Å². The fraction of sp³-hybridized carbons (Fsp3) is 0.556. The van der Waals surface area contributed by atoms with Gasteiger partial charge in [-0.25, -0.2) is 27.2 Å². The van der Waals surface area contributed by atoms with Gasteiger partial charge in [0.2, 0.25) is 0 Å². The monoisotopic (exact) mass is 723 g/mol. The highest BCUT2D eigenvalue weighted by atomic mass is 19.2. The Kier molecular flexibility index (Phi) is 15.8. The molecule has 282 valence electrons. The molecule has 0 aliphatic carbocycles. The Labute approximate surface area is 297 Å². The van der Waals surface area contributed by atoms with Gasteiger partial charge in [0.15, 0.2) is 29.1 Å². The lowest BCUT2D eigenvalue weighted by molar-refractivity contribution is -0.128. The normalized spacial score (nSPS) is 17.5. The molecule has 3 fully saturated rings. The molecule has 15 heteroatoms. The van der Waals surface area contributed by atoms with E-state index < -0.39 is 52.2 Å². The summed E-state index contributed by atoms with van der Waals surface area (Å²) >= 11 is 0. The number of amides is 2. The standard InChI is InChI=1S/C16H19F2N3O2.C8H13NO3.C7H7F2N.C5H10O/c1-15(2,3)23-14(22)21-9-16(8-19,10-21)20-7-11-4-5-12(17)13(18)6-11;1-8(2,3)12-7(11)9-4-6(10)5-9;8-6-2-1-5(4-10)3-7(6)9;1-5-3-2-4-6-5/h4-6,20H,7,9-10H2,1-3H3;4-5H2,1-3H3;1-3H,4,10H2;5H,2-4H2,1H3. The molecule has 2 aromatic rings. The lowest BCUT2D eigenvalue weighted by Gasteiger charge is -2.45. The van der Waals surface area contributed by atoms with Crippen molar-refractivity contribution in [2.75, 3.05) is 32.8 Å². The molecule has 0 aromatic heterocycles. The van der Waals surface area contributed by atoms with Crippen LogP contribution in [0.2, 0.25) is 0 Å². The quantitative estimate of drug-likeness (QED) is 0.364. The number of nitrogens with two attached hydrogens (primary N) is 1. The number of ether oxygens (including phenoxy) is 3. The Balaban J connectivity index is 0.000000267. The Morgan fingerprint density at radius 1 is 0.902 bits per heavy atom. The van der Waals surface area contributed by atoms with Gasteiger partial charge in [-0.15, -0.1) is 0 Å². The van der Waals surface area contributed by atoms with Crippen LogP contribution in [0.4, 0.5) is 27.2 Å². The molecule has 1 unspecified atom stereocenters. The van der Waals surface area contributed by atoms with Gasteiger partial charge >= 0.3 is 12.2 Å². The van der Waals surface area contributed by atoms with Crippen LogP contribution in [0.15, 0.2) is 36.4 Å². The number of benzene rings is 2. The van der Waals surface area contributed by atoms with E-state index in [1.807, 2.05) is 0 Å². The summed E-state index contributed by atoms with van der Waals surface area (Å²) in [5.41, 5.74) is 4.32. The molecule has 3 aliphatic heterocycles. The average Bonchev–Trinajstić information content (AvgIpc) is 3.48. The third-order valence-electron chi connectivity index (χ3n) is 7.17. The molecule has 51 heavy (non-hydrogen) atoms. The first kappa shape index (κ1) is 42.9. The average molecular weight is 724 g/mol. The van der Waals surface area contributed by atoms with E-state index in [4.69, 9.17) is 19.9 Å². The Morgan fingerprint density at radius 2 is 1.39 bits per heavy atom. The second-order valence-corrected chi connectivity index (χ2v) is 14.3. The third-order valence-corrected chi connectivity index (χ3v) is 7.17. The minimum Gasteiger partial charge on any atom is -0.444 e. The number of hydrogen-bond donors (Lipinski definition) is 2. The third kappa shape index (κ3) is 15.3. The topological polar surface area (TPSA) is 147 Å². The Bertz CT molecular complexity index is 1520. The molecule has 0 spiro atoms. The molecule has 2 amide bonds. The van der Waals surface area contributed by atoms with Crippen LogP contribution >= 0.6 is 0 Å².